The van der Waals surface area contributed by atoms with Gasteiger partial charge in [-0.2, -0.15) is 13.2 Å². The first-order chi connectivity index (χ1) is 19.0. The molecule has 2 aromatic rings. The number of aliphatic hydroxyl groups is 1. The number of amides is 2. The number of nitrogens with one attached hydrogen (secondary N) is 3. The van der Waals surface area contributed by atoms with Crippen LogP contribution < -0.4 is 16.0 Å². The second kappa shape index (κ2) is 12.2. The first-order valence-corrected chi connectivity index (χ1v) is 13.7. The smallest absolute Gasteiger partial charge is 0.384 e. The van der Waals surface area contributed by atoms with E-state index in [1.807, 2.05) is 26.0 Å². The molecule has 2 fully saturated rings. The average molecular weight is 563 g/mol. The van der Waals surface area contributed by atoms with Crippen LogP contribution >= 0.6 is 0 Å². The van der Waals surface area contributed by atoms with Gasteiger partial charge in [0.15, 0.2) is 0 Å². The predicted molar refractivity (Wildman–Crippen MR) is 142 cm³/mol. The van der Waals surface area contributed by atoms with E-state index in [4.69, 9.17) is 4.74 Å². The first-order valence-electron chi connectivity index (χ1n) is 13.7. The van der Waals surface area contributed by atoms with Gasteiger partial charge in [0.25, 0.3) is 5.91 Å². The highest BCUT2D eigenvalue weighted by atomic mass is 19.4. The fourth-order valence-electron chi connectivity index (χ4n) is 5.82. The number of pyridine rings is 1. The number of aromatic nitrogens is 1. The number of rotatable bonds is 9. The fraction of sp³-hybridized carbons (Fsp3) is 0.552. The van der Waals surface area contributed by atoms with Crippen LogP contribution in [0.15, 0.2) is 42.6 Å². The van der Waals surface area contributed by atoms with Gasteiger partial charge in [-0.25, -0.2) is 0 Å². The van der Waals surface area contributed by atoms with Crippen LogP contribution in [-0.2, 0) is 21.3 Å². The number of ether oxygens (including phenoxy) is 1. The Bertz CT molecular complexity index is 1180. The molecule has 40 heavy (non-hydrogen) atoms. The Kier molecular flexibility index (Phi) is 9.16. The molecule has 0 bridgehead atoms. The molecule has 11 heteroatoms. The van der Waals surface area contributed by atoms with Crippen LogP contribution in [0.2, 0.25) is 0 Å². The third-order valence-electron chi connectivity index (χ3n) is 8.01. The van der Waals surface area contributed by atoms with E-state index in [9.17, 15) is 27.9 Å². The number of halogens is 3. The minimum Gasteiger partial charge on any atom is -0.384 e. The summed E-state index contributed by atoms with van der Waals surface area (Å²) in [6.07, 6.45) is -0.167. The van der Waals surface area contributed by atoms with Crippen molar-refractivity contribution in [2.45, 2.75) is 69.4 Å². The van der Waals surface area contributed by atoms with Gasteiger partial charge in [0, 0.05) is 31.5 Å². The van der Waals surface area contributed by atoms with Crippen LogP contribution in [0.25, 0.3) is 0 Å². The third kappa shape index (κ3) is 6.64. The number of hydrogen-bond acceptors (Lipinski definition) is 6. The molecule has 4 rings (SSSR count). The summed E-state index contributed by atoms with van der Waals surface area (Å²) in [7, 11) is 0. The lowest BCUT2D eigenvalue weighted by Crippen LogP contribution is -2.64. The Morgan fingerprint density at radius 3 is 2.60 bits per heavy atom. The van der Waals surface area contributed by atoms with E-state index in [1.165, 1.54) is 6.07 Å². The molecule has 2 heterocycles. The molecule has 2 atom stereocenters. The van der Waals surface area contributed by atoms with Crippen molar-refractivity contribution in [3.63, 3.8) is 0 Å². The molecule has 1 aliphatic heterocycles. The van der Waals surface area contributed by atoms with E-state index in [-0.39, 0.29) is 17.6 Å². The zero-order chi connectivity index (χ0) is 29.0. The van der Waals surface area contributed by atoms with E-state index in [1.54, 1.807) is 6.20 Å². The van der Waals surface area contributed by atoms with Crippen LogP contribution in [-0.4, -0.2) is 59.8 Å². The van der Waals surface area contributed by atoms with Gasteiger partial charge in [-0.3, -0.25) is 14.6 Å². The fourth-order valence-corrected chi connectivity index (χ4v) is 5.82. The molecule has 1 aliphatic carbocycles. The molecule has 0 spiro atoms. The van der Waals surface area contributed by atoms with Gasteiger partial charge in [-0.05, 0) is 74.8 Å². The van der Waals surface area contributed by atoms with Crippen molar-refractivity contribution < 1.29 is 32.6 Å². The summed E-state index contributed by atoms with van der Waals surface area (Å²) in [5.74, 6) is -1.25. The van der Waals surface area contributed by atoms with Crippen molar-refractivity contribution in [3.05, 3.63) is 65.0 Å². The maximum Gasteiger partial charge on any atom is 0.416 e. The Morgan fingerprint density at radius 1 is 1.20 bits per heavy atom. The number of carbonyl (C=O) groups is 2. The molecule has 1 aromatic heterocycles. The SMILES string of the molecule is CCCO[C@H]1CNC[C@@]1(NC(=O)CNC(=O)c1cccc(C(F)(F)F)c1)C1CCC(O)(c2ccc(C)cn2)CC1. The monoisotopic (exact) mass is 562 g/mol. The second-order valence-electron chi connectivity index (χ2n) is 10.9. The number of benzene rings is 1. The van der Waals surface area contributed by atoms with Gasteiger partial charge < -0.3 is 25.8 Å². The third-order valence-corrected chi connectivity index (χ3v) is 8.01. The molecule has 2 aliphatic rings. The lowest BCUT2D eigenvalue weighted by Gasteiger charge is -2.46. The first kappa shape index (κ1) is 30.0. The lowest BCUT2D eigenvalue weighted by atomic mass is 9.68. The molecule has 1 saturated carbocycles. The summed E-state index contributed by atoms with van der Waals surface area (Å²) in [6, 6.07) is 7.85. The number of alkyl halides is 3. The van der Waals surface area contributed by atoms with Crippen molar-refractivity contribution in [3.8, 4) is 0 Å². The molecule has 2 amide bonds. The van der Waals surface area contributed by atoms with Gasteiger partial charge in [0.2, 0.25) is 5.91 Å². The molecular formula is C29H37F3N4O4. The Labute approximate surface area is 232 Å². The molecule has 4 N–H and O–H groups in total. The van der Waals surface area contributed by atoms with E-state index in [2.05, 4.69) is 20.9 Å². The molecule has 8 nitrogen and oxygen atoms in total. The van der Waals surface area contributed by atoms with Crippen molar-refractivity contribution in [2.24, 2.45) is 5.92 Å². The van der Waals surface area contributed by atoms with Gasteiger partial charge in [0.1, 0.15) is 5.60 Å². The van der Waals surface area contributed by atoms with Crippen molar-refractivity contribution in [1.82, 2.24) is 20.9 Å². The maximum atomic E-state index is 13.2. The van der Waals surface area contributed by atoms with E-state index in [0.717, 1.165) is 30.2 Å². The second-order valence-corrected chi connectivity index (χ2v) is 10.9. The van der Waals surface area contributed by atoms with Crippen molar-refractivity contribution >= 4 is 11.8 Å². The summed E-state index contributed by atoms with van der Waals surface area (Å²) in [5.41, 5.74) is -1.30. The zero-order valence-corrected chi connectivity index (χ0v) is 22.8. The largest absolute Gasteiger partial charge is 0.416 e. The topological polar surface area (TPSA) is 113 Å². The average Bonchev–Trinajstić information content (AvgIpc) is 3.33. The van der Waals surface area contributed by atoms with Gasteiger partial charge in [0.05, 0.1) is 29.4 Å². The van der Waals surface area contributed by atoms with Gasteiger partial charge in [-0.1, -0.05) is 19.1 Å². The van der Waals surface area contributed by atoms with Crippen LogP contribution in [0.5, 0.6) is 0 Å². The molecule has 0 unspecified atom stereocenters. The number of hydrogen-bond donors (Lipinski definition) is 4. The van der Waals surface area contributed by atoms with Crippen molar-refractivity contribution in [1.29, 1.82) is 0 Å². The van der Waals surface area contributed by atoms with Crippen LogP contribution in [0.1, 0.15) is 66.2 Å². The molecule has 1 aromatic carbocycles. The number of nitrogens with zero attached hydrogens (tertiary/aromatic N) is 1. The Hall–Kier alpha value is -3.02. The molecule has 218 valence electrons. The highest BCUT2D eigenvalue weighted by Crippen LogP contribution is 2.44. The normalized spacial score (nSPS) is 26.9. The summed E-state index contributed by atoms with van der Waals surface area (Å²) in [5, 5.41) is 20.3. The Morgan fingerprint density at radius 2 is 1.95 bits per heavy atom. The molecular weight excluding hydrogens is 525 g/mol. The van der Waals surface area contributed by atoms with Crippen molar-refractivity contribution in [2.75, 3.05) is 26.2 Å². The zero-order valence-electron chi connectivity index (χ0n) is 22.8. The standard InChI is InChI=1S/C29H37F3N4O4/c1-3-13-40-24-16-33-18-28(24,21-9-11-27(39,12-10-21)23-8-7-19(2)15-34-23)36-25(37)17-35-26(38)20-5-4-6-22(14-20)29(30,31)32/h4-8,14-15,21,24,33,39H,3,9-13,16-18H2,1-2H3,(H,35,38)(H,36,37)/t21?,24-,27?,28+/m0/s1. The summed E-state index contributed by atoms with van der Waals surface area (Å²) < 4.78 is 45.3. The van der Waals surface area contributed by atoms with Gasteiger partial charge in [-0.15, -0.1) is 0 Å². The molecule has 1 saturated heterocycles. The van der Waals surface area contributed by atoms with Crippen LogP contribution in [0, 0.1) is 12.8 Å². The van der Waals surface area contributed by atoms with Crippen LogP contribution in [0.3, 0.4) is 0 Å². The van der Waals surface area contributed by atoms with Gasteiger partial charge >= 0.3 is 6.18 Å². The highest BCUT2D eigenvalue weighted by molar-refractivity contribution is 5.96. The van der Waals surface area contributed by atoms with Crippen LogP contribution in [0.4, 0.5) is 13.2 Å². The highest BCUT2D eigenvalue weighted by Gasteiger charge is 2.53. The summed E-state index contributed by atoms with van der Waals surface area (Å²) in [6.45, 7) is 5.05. The lowest BCUT2D eigenvalue weighted by molar-refractivity contribution is -0.137. The predicted octanol–water partition coefficient (Wildman–Crippen LogP) is 3.47. The Balaban J connectivity index is 1.45. The maximum absolute atomic E-state index is 13.2. The quantitative estimate of drug-likeness (QED) is 0.373. The van der Waals surface area contributed by atoms with E-state index < -0.39 is 41.2 Å². The summed E-state index contributed by atoms with van der Waals surface area (Å²) in [4.78, 5) is 30.2. The number of aryl methyl sites for hydroxylation is 1. The number of carbonyl (C=O) groups excluding carboxylic acids is 2. The van der Waals surface area contributed by atoms with E-state index >= 15 is 0 Å². The molecule has 0 radical (unpaired) electrons. The minimum atomic E-state index is -4.58. The summed E-state index contributed by atoms with van der Waals surface area (Å²) >= 11 is 0. The minimum absolute atomic E-state index is 0.0156. The van der Waals surface area contributed by atoms with E-state index in [0.29, 0.717) is 51.1 Å².